The van der Waals surface area contributed by atoms with Gasteiger partial charge in [0.15, 0.2) is 0 Å². The lowest BCUT2D eigenvalue weighted by molar-refractivity contribution is -0.141. The average molecular weight is 615 g/mol. The van der Waals surface area contributed by atoms with Crippen LogP contribution in [0.2, 0.25) is 0 Å². The molecular weight excluding hydrogens is 564 g/mol. The molecule has 1 atom stereocenters. The molecule has 0 aliphatic carbocycles. The first-order valence-electron chi connectivity index (χ1n) is 17.3. The van der Waals surface area contributed by atoms with Gasteiger partial charge in [0, 0.05) is 56.9 Å². The van der Waals surface area contributed by atoms with E-state index in [9.17, 15) is 14.4 Å². The molecule has 0 unspecified atom stereocenters. The summed E-state index contributed by atoms with van der Waals surface area (Å²) in [7, 11) is 0. The number of amides is 5. The first-order valence-corrected chi connectivity index (χ1v) is 17.3. The molecule has 9 nitrogen and oxygen atoms in total. The number of urea groups is 2. The molecule has 0 saturated carbocycles. The number of fused-ring (bicyclic) bond motifs is 1. The van der Waals surface area contributed by atoms with Crippen LogP contribution < -0.4 is 10.6 Å². The molecule has 0 bridgehead atoms. The van der Waals surface area contributed by atoms with Crippen molar-refractivity contribution in [1.29, 1.82) is 0 Å². The highest BCUT2D eigenvalue weighted by molar-refractivity contribution is 5.91. The molecule has 242 valence electrons. The number of nitrogens with one attached hydrogen (secondary N) is 2. The maximum atomic E-state index is 13.9. The van der Waals surface area contributed by atoms with E-state index in [1.165, 1.54) is 30.4 Å². The number of para-hydroxylation sites is 1. The quantitative estimate of drug-likeness (QED) is 0.452. The van der Waals surface area contributed by atoms with Crippen LogP contribution in [0.3, 0.4) is 0 Å². The van der Waals surface area contributed by atoms with Crippen LogP contribution in [0.4, 0.5) is 15.3 Å². The number of nitrogens with zero attached hydrogens (tertiary/aromatic N) is 4. The molecule has 0 radical (unpaired) electrons. The van der Waals surface area contributed by atoms with Crippen molar-refractivity contribution in [3.63, 3.8) is 0 Å². The Labute approximate surface area is 268 Å². The first kappa shape index (κ1) is 31.4. The summed E-state index contributed by atoms with van der Waals surface area (Å²) in [4.78, 5) is 48.9. The van der Waals surface area contributed by atoms with Crippen LogP contribution in [0.15, 0.2) is 42.5 Å². The van der Waals surface area contributed by atoms with Crippen molar-refractivity contribution < 1.29 is 14.4 Å². The fourth-order valence-corrected chi connectivity index (χ4v) is 7.65. The van der Waals surface area contributed by atoms with Crippen LogP contribution in [0.25, 0.3) is 0 Å². The Kier molecular flexibility index (Phi) is 9.93. The zero-order valence-electron chi connectivity index (χ0n) is 27.1. The van der Waals surface area contributed by atoms with Gasteiger partial charge in [-0.15, -0.1) is 0 Å². The van der Waals surface area contributed by atoms with Gasteiger partial charge in [-0.05, 0) is 86.4 Å². The highest BCUT2D eigenvalue weighted by Crippen LogP contribution is 2.26. The number of piperidine rings is 2. The van der Waals surface area contributed by atoms with Crippen molar-refractivity contribution in [2.75, 3.05) is 51.1 Å². The van der Waals surface area contributed by atoms with E-state index in [2.05, 4.69) is 53.6 Å². The van der Waals surface area contributed by atoms with E-state index in [1.807, 2.05) is 32.9 Å². The van der Waals surface area contributed by atoms with Crippen LogP contribution >= 0.6 is 0 Å². The molecule has 9 heteroatoms. The van der Waals surface area contributed by atoms with E-state index < -0.39 is 6.04 Å². The maximum absolute atomic E-state index is 13.9. The number of hydrogen-bond donors (Lipinski definition) is 2. The minimum Gasteiger partial charge on any atom is -0.338 e. The molecule has 2 aromatic carbocycles. The van der Waals surface area contributed by atoms with Gasteiger partial charge < -0.3 is 25.3 Å². The predicted octanol–water partition coefficient (Wildman–Crippen LogP) is 4.68. The van der Waals surface area contributed by atoms with Gasteiger partial charge in [-0.3, -0.25) is 9.69 Å². The third kappa shape index (κ3) is 7.13. The summed E-state index contributed by atoms with van der Waals surface area (Å²) in [5.74, 6) is 0.0184. The van der Waals surface area contributed by atoms with Crippen molar-refractivity contribution in [3.05, 3.63) is 64.7 Å². The Morgan fingerprint density at radius 1 is 0.867 bits per heavy atom. The Morgan fingerprint density at radius 3 is 2.33 bits per heavy atom. The lowest BCUT2D eigenvalue weighted by Gasteiger charge is -2.47. The van der Waals surface area contributed by atoms with Gasteiger partial charge in [-0.1, -0.05) is 56.7 Å². The van der Waals surface area contributed by atoms with Gasteiger partial charge in [0.1, 0.15) is 6.04 Å². The van der Waals surface area contributed by atoms with E-state index in [0.717, 1.165) is 75.1 Å². The summed E-state index contributed by atoms with van der Waals surface area (Å²) in [5.41, 5.74) is 5.77. The van der Waals surface area contributed by atoms with Crippen molar-refractivity contribution in [3.8, 4) is 0 Å². The zero-order chi connectivity index (χ0) is 31.3. The summed E-state index contributed by atoms with van der Waals surface area (Å²) in [6.07, 6.45) is 8.44. The van der Waals surface area contributed by atoms with Crippen molar-refractivity contribution in [2.24, 2.45) is 0 Å². The summed E-state index contributed by atoms with van der Waals surface area (Å²) in [6, 6.07) is 14.1. The SMILES string of the molecule is CCc1ccc(C[C@@H](NC(=O)N2CCC(N3CCc4ccccc4NC3=O)CC2)C(=O)N2CC(N3CCCCC3)C2)cc1CC. The molecule has 3 saturated heterocycles. The standard InChI is InChI=1S/C36H50N6O3/c1-3-27-13-12-26(22-28(27)4-2)23-33(34(43)41-24-31(25-41)39-17-8-5-9-18-39)38-35(44)40-19-15-30(16-20-40)42-21-14-29-10-6-7-11-32(29)37-36(42)45/h6-7,10-13,22,30-31,33H,3-5,8-9,14-21,23-25H2,1-2H3,(H,37,45)(H,38,44)/t33-/m1/s1. The number of aryl methyl sites for hydroxylation is 2. The van der Waals surface area contributed by atoms with Crippen LogP contribution in [0.5, 0.6) is 0 Å². The van der Waals surface area contributed by atoms with Gasteiger partial charge in [-0.25, -0.2) is 9.59 Å². The summed E-state index contributed by atoms with van der Waals surface area (Å²) < 4.78 is 0. The third-order valence-electron chi connectivity index (χ3n) is 10.5. The number of hydrogen-bond acceptors (Lipinski definition) is 4. The summed E-state index contributed by atoms with van der Waals surface area (Å²) in [5, 5.41) is 6.23. The van der Waals surface area contributed by atoms with Gasteiger partial charge in [0.05, 0.1) is 0 Å². The largest absolute Gasteiger partial charge is 0.338 e. The second-order valence-corrected chi connectivity index (χ2v) is 13.3. The summed E-state index contributed by atoms with van der Waals surface area (Å²) in [6.45, 7) is 9.85. The number of rotatable bonds is 8. The van der Waals surface area contributed by atoms with Gasteiger partial charge >= 0.3 is 12.1 Å². The van der Waals surface area contributed by atoms with E-state index in [0.29, 0.717) is 32.1 Å². The first-order chi connectivity index (χ1) is 21.9. The van der Waals surface area contributed by atoms with Gasteiger partial charge in [-0.2, -0.15) is 0 Å². The number of benzene rings is 2. The predicted molar refractivity (Wildman–Crippen MR) is 177 cm³/mol. The topological polar surface area (TPSA) is 88.2 Å². The molecule has 5 amide bonds. The molecule has 2 aromatic rings. The molecule has 45 heavy (non-hydrogen) atoms. The van der Waals surface area contributed by atoms with Crippen LogP contribution in [0, 0.1) is 0 Å². The zero-order valence-corrected chi connectivity index (χ0v) is 27.1. The Balaban J connectivity index is 1.08. The maximum Gasteiger partial charge on any atom is 0.322 e. The van der Waals surface area contributed by atoms with Crippen molar-refractivity contribution in [2.45, 2.75) is 89.8 Å². The number of likely N-dealkylation sites (tertiary alicyclic amines) is 3. The molecule has 0 spiro atoms. The highest BCUT2D eigenvalue weighted by Gasteiger charge is 2.39. The molecule has 4 heterocycles. The van der Waals surface area contributed by atoms with Gasteiger partial charge in [0.2, 0.25) is 5.91 Å². The normalized spacial score (nSPS) is 20.6. The molecule has 0 aromatic heterocycles. The lowest BCUT2D eigenvalue weighted by Crippen LogP contribution is -2.65. The monoisotopic (exact) mass is 614 g/mol. The average Bonchev–Trinajstić information content (AvgIpc) is 3.22. The minimum absolute atomic E-state index is 0.0184. The Morgan fingerprint density at radius 2 is 1.60 bits per heavy atom. The van der Waals surface area contributed by atoms with E-state index in [-0.39, 0.29) is 24.0 Å². The molecule has 4 aliphatic heterocycles. The lowest BCUT2D eigenvalue weighted by atomic mass is 9.95. The molecule has 3 fully saturated rings. The number of carbonyl (C=O) groups is 3. The molecule has 4 aliphatic rings. The molecule has 2 N–H and O–H groups in total. The van der Waals surface area contributed by atoms with Crippen LogP contribution in [-0.4, -0.2) is 102 Å². The van der Waals surface area contributed by atoms with E-state index in [1.54, 1.807) is 0 Å². The Bertz CT molecular complexity index is 1360. The van der Waals surface area contributed by atoms with Gasteiger partial charge in [0.25, 0.3) is 0 Å². The smallest absolute Gasteiger partial charge is 0.322 e. The fourth-order valence-electron chi connectivity index (χ4n) is 7.65. The number of anilines is 1. The fraction of sp³-hybridized carbons (Fsp3) is 0.583. The second-order valence-electron chi connectivity index (χ2n) is 13.3. The third-order valence-corrected chi connectivity index (χ3v) is 10.5. The van der Waals surface area contributed by atoms with Crippen molar-refractivity contribution >= 4 is 23.7 Å². The number of carbonyl (C=O) groups excluding carboxylic acids is 3. The van der Waals surface area contributed by atoms with Crippen molar-refractivity contribution in [1.82, 2.24) is 24.9 Å². The van der Waals surface area contributed by atoms with E-state index in [4.69, 9.17) is 0 Å². The van der Waals surface area contributed by atoms with Crippen LogP contribution in [0.1, 0.15) is 68.2 Å². The summed E-state index contributed by atoms with van der Waals surface area (Å²) >= 11 is 0. The molecule has 6 rings (SSSR count). The highest BCUT2D eigenvalue weighted by atomic mass is 16.2. The van der Waals surface area contributed by atoms with Crippen LogP contribution in [-0.2, 0) is 30.5 Å². The molecular formula is C36H50N6O3. The Hall–Kier alpha value is -3.59. The second kappa shape index (κ2) is 14.2. The van der Waals surface area contributed by atoms with E-state index >= 15 is 0 Å². The minimum atomic E-state index is -0.607.